The number of hydrogen-bond acceptors (Lipinski definition) is 8. The van der Waals surface area contributed by atoms with Gasteiger partial charge >= 0.3 is 6.09 Å². The van der Waals surface area contributed by atoms with Crippen LogP contribution in [0.3, 0.4) is 0 Å². The van der Waals surface area contributed by atoms with E-state index >= 15 is 0 Å². The zero-order valence-corrected chi connectivity index (χ0v) is 29.3. The van der Waals surface area contributed by atoms with Crippen LogP contribution < -0.4 is 20.1 Å². The summed E-state index contributed by atoms with van der Waals surface area (Å²) in [6.45, 7) is 2.56. The number of alkyl carbamates (subject to hydrolysis) is 1. The average Bonchev–Trinajstić information content (AvgIpc) is 3.11. The van der Waals surface area contributed by atoms with Gasteiger partial charge in [0.25, 0.3) is 6.43 Å². The van der Waals surface area contributed by atoms with E-state index in [1.165, 1.54) is 21.1 Å². The number of ether oxygens (including phenoxy) is 3. The maximum absolute atomic E-state index is 12.6. The molecule has 0 unspecified atom stereocenters. The van der Waals surface area contributed by atoms with Crippen molar-refractivity contribution in [1.29, 1.82) is 0 Å². The topological polar surface area (TPSA) is 115 Å². The maximum Gasteiger partial charge on any atom is 0.407 e. The van der Waals surface area contributed by atoms with E-state index in [9.17, 15) is 18.4 Å². The molecule has 0 radical (unpaired) electrons. The van der Waals surface area contributed by atoms with Gasteiger partial charge in [-0.2, -0.15) is 0 Å². The molecule has 2 N–H and O–H groups in total. The second kappa shape index (κ2) is 16.9. The number of amides is 2. The number of likely N-dealkylation sites (tertiary alicyclic amines) is 1. The minimum atomic E-state index is -2.45. The summed E-state index contributed by atoms with van der Waals surface area (Å²) in [5.41, 5.74) is 5.00. The Bertz CT molecular complexity index is 1840. The molecular formula is C36H37Cl2F2N5O5. The Hall–Kier alpha value is -4.52. The third-order valence-corrected chi connectivity index (χ3v) is 9.14. The first kappa shape index (κ1) is 36.8. The number of rotatable bonds is 12. The van der Waals surface area contributed by atoms with Crippen LogP contribution in [0.2, 0.25) is 10.0 Å². The van der Waals surface area contributed by atoms with E-state index < -0.39 is 19.1 Å². The molecule has 0 atom stereocenters. The van der Waals surface area contributed by atoms with Crippen molar-refractivity contribution in [3.05, 3.63) is 82.0 Å². The van der Waals surface area contributed by atoms with Gasteiger partial charge in [0.15, 0.2) is 0 Å². The van der Waals surface area contributed by atoms with Gasteiger partial charge in [0.05, 0.1) is 48.7 Å². The third kappa shape index (κ3) is 8.79. The third-order valence-electron chi connectivity index (χ3n) is 8.35. The highest BCUT2D eigenvalue weighted by Gasteiger charge is 2.24. The van der Waals surface area contributed by atoms with E-state index in [4.69, 9.17) is 37.4 Å². The number of carbonyl (C=O) groups excluding carboxylic acids is 2. The van der Waals surface area contributed by atoms with Crippen LogP contribution in [0.25, 0.3) is 33.6 Å². The van der Waals surface area contributed by atoms with Gasteiger partial charge in [-0.15, -0.1) is 0 Å². The molecule has 10 nitrogen and oxygen atoms in total. The largest absolute Gasteiger partial charge is 0.496 e. The van der Waals surface area contributed by atoms with E-state index in [-0.39, 0.29) is 25.1 Å². The summed E-state index contributed by atoms with van der Waals surface area (Å²) >= 11 is 14.0. The second-order valence-corrected chi connectivity index (χ2v) is 12.3. The molecule has 0 aliphatic carbocycles. The standard InChI is InChI=1S/C36H37Cl2F2N5O5/c1-21(46)45-15-12-25(13-16-45)50-36(47)43-19-24-9-10-29(44-35(24)49-3)28-6-4-5-26(32(28)37)27-11-14-42-34(33(27)38)22-7-8-23(30(17-22)48-2)18-41-20-31(39)40/h4-11,14,17,25,31,41H,12-13,15-16,18-20H2,1-3H3,(H,43,47). The number of carbonyl (C=O) groups is 2. The van der Waals surface area contributed by atoms with Crippen LogP contribution in [0.15, 0.2) is 60.8 Å². The number of methoxy groups -OCH3 is 2. The minimum Gasteiger partial charge on any atom is -0.496 e. The predicted octanol–water partition coefficient (Wildman–Crippen LogP) is 7.39. The number of hydrogen-bond donors (Lipinski definition) is 2. The Balaban J connectivity index is 1.32. The summed E-state index contributed by atoms with van der Waals surface area (Å²) in [5, 5.41) is 6.24. The van der Waals surface area contributed by atoms with Crippen molar-refractivity contribution < 1.29 is 32.6 Å². The second-order valence-electron chi connectivity index (χ2n) is 11.6. The molecule has 264 valence electrons. The molecule has 3 heterocycles. The maximum atomic E-state index is 12.6. The number of nitrogens with zero attached hydrogens (tertiary/aromatic N) is 3. The fraction of sp³-hybridized carbons (Fsp3) is 0.333. The SMILES string of the molecule is COc1cc(-c2nccc(-c3cccc(-c4ccc(CNC(=O)OC5CCN(C(C)=O)CC5)c(OC)n4)c3Cl)c2Cl)ccc1CNCC(F)F. The van der Waals surface area contributed by atoms with Gasteiger partial charge in [-0.3, -0.25) is 9.78 Å². The minimum absolute atomic E-state index is 0.0153. The van der Waals surface area contributed by atoms with Crippen molar-refractivity contribution in [2.75, 3.05) is 33.9 Å². The van der Waals surface area contributed by atoms with Crippen LogP contribution >= 0.6 is 23.2 Å². The Kier molecular flexibility index (Phi) is 12.4. The Morgan fingerprint density at radius 1 is 0.940 bits per heavy atom. The monoisotopic (exact) mass is 727 g/mol. The summed E-state index contributed by atoms with van der Waals surface area (Å²) < 4.78 is 41.8. The van der Waals surface area contributed by atoms with E-state index in [0.717, 1.165) is 0 Å². The number of alkyl halides is 2. The van der Waals surface area contributed by atoms with Crippen LogP contribution in [-0.2, 0) is 22.6 Å². The van der Waals surface area contributed by atoms with Crippen molar-refractivity contribution >= 4 is 35.2 Å². The summed E-state index contributed by atoms with van der Waals surface area (Å²) in [5.74, 6) is 0.834. The number of piperidine rings is 1. The van der Waals surface area contributed by atoms with Crippen LogP contribution in [0.4, 0.5) is 13.6 Å². The number of benzene rings is 2. The molecule has 1 saturated heterocycles. The molecule has 1 aliphatic rings. The van der Waals surface area contributed by atoms with E-state index in [1.807, 2.05) is 24.3 Å². The highest BCUT2D eigenvalue weighted by molar-refractivity contribution is 6.39. The van der Waals surface area contributed by atoms with Gasteiger partial charge < -0.3 is 29.7 Å². The van der Waals surface area contributed by atoms with Gasteiger partial charge in [-0.1, -0.05) is 53.5 Å². The average molecular weight is 729 g/mol. The fourth-order valence-corrected chi connectivity index (χ4v) is 6.37. The molecule has 5 rings (SSSR count). The summed E-state index contributed by atoms with van der Waals surface area (Å²) in [7, 11) is 3.00. The smallest absolute Gasteiger partial charge is 0.407 e. The molecule has 1 aliphatic heterocycles. The first-order chi connectivity index (χ1) is 24.1. The molecular weight excluding hydrogens is 691 g/mol. The molecule has 2 aromatic heterocycles. The van der Waals surface area contributed by atoms with Gasteiger partial charge in [-0.25, -0.2) is 18.6 Å². The molecule has 0 spiro atoms. The quantitative estimate of drug-likeness (QED) is 0.155. The molecule has 4 aromatic rings. The van der Waals surface area contributed by atoms with Crippen molar-refractivity contribution in [3.8, 4) is 45.3 Å². The van der Waals surface area contributed by atoms with E-state index in [1.54, 1.807) is 41.4 Å². The lowest BCUT2D eigenvalue weighted by Gasteiger charge is -2.30. The van der Waals surface area contributed by atoms with Gasteiger partial charge in [0, 0.05) is 79.0 Å². The van der Waals surface area contributed by atoms with Crippen molar-refractivity contribution in [2.45, 2.75) is 45.4 Å². The number of aromatic nitrogens is 2. The van der Waals surface area contributed by atoms with Gasteiger partial charge in [0.1, 0.15) is 11.9 Å². The molecule has 50 heavy (non-hydrogen) atoms. The first-order valence-corrected chi connectivity index (χ1v) is 16.7. The van der Waals surface area contributed by atoms with Crippen LogP contribution in [0.1, 0.15) is 30.9 Å². The first-order valence-electron chi connectivity index (χ1n) is 15.9. The van der Waals surface area contributed by atoms with Gasteiger partial charge in [0.2, 0.25) is 11.8 Å². The predicted molar refractivity (Wildman–Crippen MR) is 188 cm³/mol. The summed E-state index contributed by atoms with van der Waals surface area (Å²) in [4.78, 5) is 35.0. The Morgan fingerprint density at radius 2 is 1.66 bits per heavy atom. The fourth-order valence-electron chi connectivity index (χ4n) is 5.72. The normalized spacial score (nSPS) is 13.3. The number of pyridine rings is 2. The van der Waals surface area contributed by atoms with E-state index in [0.29, 0.717) is 92.4 Å². The van der Waals surface area contributed by atoms with Crippen LogP contribution in [-0.4, -0.2) is 73.3 Å². The summed E-state index contributed by atoms with van der Waals surface area (Å²) in [6.07, 6.45) is -0.462. The lowest BCUT2D eigenvalue weighted by atomic mass is 9.99. The highest BCUT2D eigenvalue weighted by Crippen LogP contribution is 2.42. The zero-order chi connectivity index (χ0) is 35.8. The highest BCUT2D eigenvalue weighted by atomic mass is 35.5. The lowest BCUT2D eigenvalue weighted by Crippen LogP contribution is -2.41. The van der Waals surface area contributed by atoms with Crippen LogP contribution in [0.5, 0.6) is 11.6 Å². The summed E-state index contributed by atoms with van der Waals surface area (Å²) in [6, 6.07) is 16.2. The molecule has 0 bridgehead atoms. The van der Waals surface area contributed by atoms with Crippen molar-refractivity contribution in [1.82, 2.24) is 25.5 Å². The Morgan fingerprint density at radius 3 is 2.36 bits per heavy atom. The van der Waals surface area contributed by atoms with E-state index in [2.05, 4.69) is 20.6 Å². The zero-order valence-electron chi connectivity index (χ0n) is 27.8. The number of halogens is 4. The lowest BCUT2D eigenvalue weighted by molar-refractivity contribution is -0.130. The van der Waals surface area contributed by atoms with Crippen molar-refractivity contribution in [3.63, 3.8) is 0 Å². The van der Waals surface area contributed by atoms with Crippen LogP contribution in [0, 0.1) is 0 Å². The van der Waals surface area contributed by atoms with Gasteiger partial charge in [-0.05, 0) is 24.3 Å². The Labute approximate surface area is 299 Å². The molecule has 2 amide bonds. The molecule has 2 aromatic carbocycles. The van der Waals surface area contributed by atoms with Crippen molar-refractivity contribution in [2.24, 2.45) is 0 Å². The molecule has 1 fully saturated rings. The number of nitrogens with one attached hydrogen (secondary N) is 2. The molecule has 14 heteroatoms. The molecule has 0 saturated carbocycles.